The topological polar surface area (TPSA) is 18.5 Å². The second-order valence-corrected chi connectivity index (χ2v) is 5.39. The first-order valence-electron chi connectivity index (χ1n) is 6.11. The molecule has 0 aromatic carbocycles. The van der Waals surface area contributed by atoms with Crippen LogP contribution in [0.5, 0.6) is 0 Å². The standard InChI is InChI=1S/C13H28O2/c1-7-9-11(8-2)15-12(14-6)10-13(3,4)5/h11-12H,7-10H2,1-6H3. The summed E-state index contributed by atoms with van der Waals surface area (Å²) in [6.45, 7) is 11.0. The van der Waals surface area contributed by atoms with E-state index in [2.05, 4.69) is 34.6 Å². The molecule has 0 fully saturated rings. The first-order chi connectivity index (χ1) is 6.92. The van der Waals surface area contributed by atoms with Gasteiger partial charge in [0.25, 0.3) is 0 Å². The fraction of sp³-hybridized carbons (Fsp3) is 1.00. The van der Waals surface area contributed by atoms with Gasteiger partial charge in [0.15, 0.2) is 6.29 Å². The lowest BCUT2D eigenvalue weighted by molar-refractivity contribution is -0.171. The van der Waals surface area contributed by atoms with Crippen molar-refractivity contribution >= 4 is 0 Å². The van der Waals surface area contributed by atoms with E-state index in [1.807, 2.05) is 0 Å². The van der Waals surface area contributed by atoms with Crippen LogP contribution in [0.1, 0.15) is 60.3 Å². The molecule has 0 saturated carbocycles. The number of hydrogen-bond donors (Lipinski definition) is 0. The van der Waals surface area contributed by atoms with Crippen LogP contribution in [0.3, 0.4) is 0 Å². The van der Waals surface area contributed by atoms with Crippen LogP contribution in [-0.2, 0) is 9.47 Å². The van der Waals surface area contributed by atoms with Gasteiger partial charge >= 0.3 is 0 Å². The van der Waals surface area contributed by atoms with Crippen LogP contribution in [0.25, 0.3) is 0 Å². The molecule has 92 valence electrons. The molecule has 0 amide bonds. The average Bonchev–Trinajstić information content (AvgIpc) is 2.13. The summed E-state index contributed by atoms with van der Waals surface area (Å²) >= 11 is 0. The van der Waals surface area contributed by atoms with Crippen molar-refractivity contribution in [1.29, 1.82) is 0 Å². The van der Waals surface area contributed by atoms with Gasteiger partial charge in [-0.25, -0.2) is 0 Å². The molecule has 0 spiro atoms. The van der Waals surface area contributed by atoms with E-state index in [0.717, 1.165) is 19.3 Å². The highest BCUT2D eigenvalue weighted by Gasteiger charge is 2.21. The van der Waals surface area contributed by atoms with E-state index in [1.54, 1.807) is 7.11 Å². The van der Waals surface area contributed by atoms with E-state index in [4.69, 9.17) is 9.47 Å². The first-order valence-corrected chi connectivity index (χ1v) is 6.11. The molecule has 2 atom stereocenters. The highest BCUT2D eigenvalue weighted by molar-refractivity contribution is 4.65. The third kappa shape index (κ3) is 7.80. The molecule has 0 saturated heterocycles. The van der Waals surface area contributed by atoms with E-state index in [0.29, 0.717) is 6.10 Å². The Morgan fingerprint density at radius 3 is 2.07 bits per heavy atom. The molecule has 0 aliphatic carbocycles. The molecule has 0 radical (unpaired) electrons. The number of hydrogen-bond acceptors (Lipinski definition) is 2. The lowest BCUT2D eigenvalue weighted by Crippen LogP contribution is -2.27. The second-order valence-electron chi connectivity index (χ2n) is 5.39. The van der Waals surface area contributed by atoms with Gasteiger partial charge in [-0.2, -0.15) is 0 Å². The van der Waals surface area contributed by atoms with Gasteiger partial charge in [0.1, 0.15) is 0 Å². The Hall–Kier alpha value is -0.0800. The van der Waals surface area contributed by atoms with Crippen LogP contribution in [-0.4, -0.2) is 19.5 Å². The summed E-state index contributed by atoms with van der Waals surface area (Å²) in [5, 5.41) is 0. The summed E-state index contributed by atoms with van der Waals surface area (Å²) in [4.78, 5) is 0. The number of rotatable bonds is 7. The van der Waals surface area contributed by atoms with Crippen LogP contribution in [0, 0.1) is 5.41 Å². The first kappa shape index (κ1) is 14.9. The number of methoxy groups -OCH3 is 1. The molecule has 0 rings (SSSR count). The Kier molecular flexibility index (Phi) is 7.20. The minimum absolute atomic E-state index is 0.0542. The summed E-state index contributed by atoms with van der Waals surface area (Å²) in [5.74, 6) is 0. The highest BCUT2D eigenvalue weighted by Crippen LogP contribution is 2.24. The Morgan fingerprint density at radius 1 is 1.13 bits per heavy atom. The zero-order valence-electron chi connectivity index (χ0n) is 11.3. The maximum atomic E-state index is 5.94. The molecule has 2 unspecified atom stereocenters. The molecule has 15 heavy (non-hydrogen) atoms. The zero-order chi connectivity index (χ0) is 11.9. The lowest BCUT2D eigenvalue weighted by atomic mass is 9.92. The van der Waals surface area contributed by atoms with Gasteiger partial charge in [0.05, 0.1) is 6.10 Å². The second kappa shape index (κ2) is 7.24. The maximum Gasteiger partial charge on any atom is 0.158 e. The van der Waals surface area contributed by atoms with Gasteiger partial charge in [0.2, 0.25) is 0 Å². The smallest absolute Gasteiger partial charge is 0.158 e. The van der Waals surface area contributed by atoms with Crippen molar-refractivity contribution in [3.8, 4) is 0 Å². The Morgan fingerprint density at radius 2 is 1.73 bits per heavy atom. The van der Waals surface area contributed by atoms with Gasteiger partial charge in [-0.1, -0.05) is 41.0 Å². The molecule has 0 aliphatic rings. The number of ether oxygens (including phenoxy) is 2. The minimum Gasteiger partial charge on any atom is -0.356 e. The molecule has 2 heteroatoms. The fourth-order valence-corrected chi connectivity index (χ4v) is 1.59. The molecule has 0 N–H and O–H groups in total. The van der Waals surface area contributed by atoms with Crippen molar-refractivity contribution in [1.82, 2.24) is 0 Å². The highest BCUT2D eigenvalue weighted by atomic mass is 16.7. The summed E-state index contributed by atoms with van der Waals surface area (Å²) in [7, 11) is 1.73. The molecular formula is C13H28O2. The molecule has 2 nitrogen and oxygen atoms in total. The predicted octanol–water partition coefficient (Wildman–Crippen LogP) is 3.99. The van der Waals surface area contributed by atoms with Gasteiger partial charge in [-0.15, -0.1) is 0 Å². The minimum atomic E-state index is -0.0542. The molecular weight excluding hydrogens is 188 g/mol. The third-order valence-corrected chi connectivity index (χ3v) is 2.45. The fourth-order valence-electron chi connectivity index (χ4n) is 1.59. The Balaban J connectivity index is 4.06. The quantitative estimate of drug-likeness (QED) is 0.599. The molecule has 0 aromatic rings. The predicted molar refractivity (Wildman–Crippen MR) is 64.9 cm³/mol. The third-order valence-electron chi connectivity index (χ3n) is 2.45. The van der Waals surface area contributed by atoms with Crippen molar-refractivity contribution in [3.63, 3.8) is 0 Å². The zero-order valence-corrected chi connectivity index (χ0v) is 11.3. The average molecular weight is 216 g/mol. The lowest BCUT2D eigenvalue weighted by Gasteiger charge is -2.28. The van der Waals surface area contributed by atoms with E-state index in [1.165, 1.54) is 6.42 Å². The van der Waals surface area contributed by atoms with Gasteiger partial charge < -0.3 is 9.47 Å². The van der Waals surface area contributed by atoms with E-state index in [9.17, 15) is 0 Å². The Bertz CT molecular complexity index is 149. The largest absolute Gasteiger partial charge is 0.356 e. The van der Waals surface area contributed by atoms with Gasteiger partial charge in [-0.05, 0) is 18.3 Å². The van der Waals surface area contributed by atoms with Crippen molar-refractivity contribution in [3.05, 3.63) is 0 Å². The SMILES string of the molecule is CCCC(CC)OC(CC(C)(C)C)OC. The van der Waals surface area contributed by atoms with Crippen molar-refractivity contribution in [2.24, 2.45) is 5.41 Å². The molecule has 0 bridgehead atoms. The molecule has 0 aliphatic heterocycles. The van der Waals surface area contributed by atoms with Gasteiger partial charge in [0, 0.05) is 13.5 Å². The monoisotopic (exact) mass is 216 g/mol. The van der Waals surface area contributed by atoms with Crippen molar-refractivity contribution in [2.75, 3.05) is 7.11 Å². The van der Waals surface area contributed by atoms with Crippen LogP contribution in [0.4, 0.5) is 0 Å². The summed E-state index contributed by atoms with van der Waals surface area (Å²) in [5.41, 5.74) is 0.255. The Labute approximate surface area is 95.3 Å². The summed E-state index contributed by atoms with van der Waals surface area (Å²) in [6.07, 6.45) is 4.61. The van der Waals surface area contributed by atoms with Crippen LogP contribution >= 0.6 is 0 Å². The summed E-state index contributed by atoms with van der Waals surface area (Å²) < 4.78 is 11.3. The summed E-state index contributed by atoms with van der Waals surface area (Å²) in [6, 6.07) is 0. The van der Waals surface area contributed by atoms with Crippen LogP contribution < -0.4 is 0 Å². The van der Waals surface area contributed by atoms with E-state index < -0.39 is 0 Å². The van der Waals surface area contributed by atoms with Crippen LogP contribution in [0.15, 0.2) is 0 Å². The van der Waals surface area contributed by atoms with Gasteiger partial charge in [-0.3, -0.25) is 0 Å². The normalized spacial score (nSPS) is 16.4. The molecule has 0 heterocycles. The van der Waals surface area contributed by atoms with Crippen molar-refractivity contribution < 1.29 is 9.47 Å². The van der Waals surface area contributed by atoms with Crippen molar-refractivity contribution in [2.45, 2.75) is 72.7 Å². The molecule has 0 aromatic heterocycles. The van der Waals surface area contributed by atoms with E-state index >= 15 is 0 Å². The van der Waals surface area contributed by atoms with Crippen LogP contribution in [0.2, 0.25) is 0 Å². The van der Waals surface area contributed by atoms with E-state index in [-0.39, 0.29) is 11.7 Å². The maximum absolute atomic E-state index is 5.94.